The van der Waals surface area contributed by atoms with Crippen molar-refractivity contribution in [3.63, 3.8) is 0 Å². The van der Waals surface area contributed by atoms with Gasteiger partial charge in [-0.15, -0.1) is 0 Å². The molecule has 0 N–H and O–H groups in total. The summed E-state index contributed by atoms with van der Waals surface area (Å²) in [6, 6.07) is 19.7. The number of rotatable bonds is 6. The molecule has 182 valence electrons. The average Bonchev–Trinajstić information content (AvgIpc) is 2.81. The highest BCUT2D eigenvalue weighted by molar-refractivity contribution is 6.02. The largest absolute Gasteiger partial charge is 0.445 e. The minimum atomic E-state index is -1.25. The zero-order chi connectivity index (χ0) is 26.0. The Morgan fingerprint density at radius 2 is 1.29 bits per heavy atom. The number of hydrogen-bond donors (Lipinski definition) is 0. The third-order valence-electron chi connectivity index (χ3n) is 5.83. The second kappa shape index (κ2) is 9.82. The number of esters is 1. The van der Waals surface area contributed by atoms with Crippen molar-refractivity contribution in [2.45, 2.75) is 58.5 Å². The van der Waals surface area contributed by atoms with Gasteiger partial charge in [-0.1, -0.05) is 77.9 Å². The fourth-order valence-corrected chi connectivity index (χ4v) is 3.58. The number of carbonyl (C=O) groups is 2. The molecule has 3 rings (SSSR count). The molecule has 0 saturated heterocycles. The maximum Gasteiger partial charge on any atom is 0.339 e. The van der Waals surface area contributed by atoms with Gasteiger partial charge in [0.25, 0.3) is 5.69 Å². The maximum absolute atomic E-state index is 13.4. The van der Waals surface area contributed by atoms with Gasteiger partial charge in [-0.25, -0.2) is 4.79 Å². The van der Waals surface area contributed by atoms with Crippen LogP contribution in [0.2, 0.25) is 0 Å². The van der Waals surface area contributed by atoms with Gasteiger partial charge in [0, 0.05) is 23.3 Å². The Morgan fingerprint density at radius 3 is 1.74 bits per heavy atom. The Morgan fingerprint density at radius 1 is 0.771 bits per heavy atom. The second-order valence-corrected chi connectivity index (χ2v) is 10.7. The van der Waals surface area contributed by atoms with Gasteiger partial charge in [-0.05, 0) is 46.2 Å². The molecule has 3 aromatic rings. The highest BCUT2D eigenvalue weighted by Gasteiger charge is 2.29. The van der Waals surface area contributed by atoms with E-state index in [1.807, 2.05) is 0 Å². The second-order valence-electron chi connectivity index (χ2n) is 10.7. The normalized spacial score (nSPS) is 12.6. The fourth-order valence-electron chi connectivity index (χ4n) is 3.58. The molecule has 6 nitrogen and oxygen atoms in total. The molecule has 0 fully saturated rings. The van der Waals surface area contributed by atoms with E-state index in [-0.39, 0.29) is 16.5 Å². The van der Waals surface area contributed by atoms with E-state index in [2.05, 4.69) is 47.6 Å². The quantitative estimate of drug-likeness (QED) is 0.167. The van der Waals surface area contributed by atoms with Gasteiger partial charge < -0.3 is 4.74 Å². The predicted octanol–water partition coefficient (Wildman–Crippen LogP) is 6.97. The summed E-state index contributed by atoms with van der Waals surface area (Å²) in [5, 5.41) is 11.1. The first-order valence-corrected chi connectivity index (χ1v) is 11.5. The third-order valence-corrected chi connectivity index (χ3v) is 5.83. The van der Waals surface area contributed by atoms with Crippen molar-refractivity contribution in [3.05, 3.63) is 111 Å². The lowest BCUT2D eigenvalue weighted by molar-refractivity contribution is -0.384. The molecule has 1 atom stereocenters. The van der Waals surface area contributed by atoms with Crippen LogP contribution < -0.4 is 0 Å². The van der Waals surface area contributed by atoms with Gasteiger partial charge in [0.15, 0.2) is 6.10 Å². The molecular weight excluding hydrogens is 442 g/mol. The topological polar surface area (TPSA) is 86.5 Å². The molecule has 0 heterocycles. The molecule has 0 radical (unpaired) electrons. The van der Waals surface area contributed by atoms with Crippen molar-refractivity contribution in [2.75, 3.05) is 0 Å². The van der Waals surface area contributed by atoms with Crippen molar-refractivity contribution >= 4 is 17.4 Å². The molecule has 0 spiro atoms. The van der Waals surface area contributed by atoms with Crippen LogP contribution in [-0.2, 0) is 15.6 Å². The number of ketones is 1. The van der Waals surface area contributed by atoms with Gasteiger partial charge in [-0.2, -0.15) is 0 Å². The van der Waals surface area contributed by atoms with Crippen LogP contribution in [0, 0.1) is 10.1 Å². The first-order valence-electron chi connectivity index (χ1n) is 11.5. The minimum absolute atomic E-state index is 0.112. The molecule has 0 aliphatic heterocycles. The SMILES string of the molecule is CC(C)(C)c1cc(C(=O)O[C@H](C(=O)c2ccccc2)c2ccc([N+](=O)[O-])cc2)cc(C(C)(C)C)c1. The molecule has 0 aliphatic carbocycles. The number of non-ortho nitro benzene ring substituents is 1. The van der Waals surface area contributed by atoms with E-state index in [0.717, 1.165) is 11.1 Å². The van der Waals surface area contributed by atoms with E-state index >= 15 is 0 Å². The number of nitro groups is 1. The van der Waals surface area contributed by atoms with Crippen LogP contribution in [0.1, 0.15) is 85.1 Å². The Bertz CT molecular complexity index is 1200. The number of nitrogens with zero attached hydrogens (tertiary/aromatic N) is 1. The fraction of sp³-hybridized carbons (Fsp3) is 0.310. The number of hydrogen-bond acceptors (Lipinski definition) is 5. The van der Waals surface area contributed by atoms with E-state index in [0.29, 0.717) is 16.7 Å². The van der Waals surface area contributed by atoms with E-state index in [1.54, 1.807) is 42.5 Å². The highest BCUT2D eigenvalue weighted by Crippen LogP contribution is 2.32. The summed E-state index contributed by atoms with van der Waals surface area (Å²) in [4.78, 5) is 37.3. The number of Topliss-reactive ketones (excluding diaryl/α,β-unsaturated/α-hetero) is 1. The summed E-state index contributed by atoms with van der Waals surface area (Å²) in [7, 11) is 0. The van der Waals surface area contributed by atoms with E-state index < -0.39 is 22.8 Å². The van der Waals surface area contributed by atoms with Crippen LogP contribution >= 0.6 is 0 Å². The number of nitro benzene ring substituents is 1. The maximum atomic E-state index is 13.4. The summed E-state index contributed by atoms with van der Waals surface area (Å²) < 4.78 is 5.82. The lowest BCUT2D eigenvalue weighted by Crippen LogP contribution is -2.22. The number of benzene rings is 3. The molecule has 0 unspecified atom stereocenters. The summed E-state index contributed by atoms with van der Waals surface area (Å²) in [6.45, 7) is 12.4. The Kier molecular flexibility index (Phi) is 7.25. The van der Waals surface area contributed by atoms with Crippen molar-refractivity contribution in [1.82, 2.24) is 0 Å². The average molecular weight is 474 g/mol. The van der Waals surface area contributed by atoms with Crippen LogP contribution in [0.5, 0.6) is 0 Å². The molecular formula is C29H31NO5. The van der Waals surface area contributed by atoms with Crippen molar-refractivity contribution in [3.8, 4) is 0 Å². The minimum Gasteiger partial charge on any atom is -0.445 e. The smallest absolute Gasteiger partial charge is 0.339 e. The zero-order valence-electron chi connectivity index (χ0n) is 21.0. The van der Waals surface area contributed by atoms with Gasteiger partial charge in [0.05, 0.1) is 10.5 Å². The lowest BCUT2D eigenvalue weighted by Gasteiger charge is -2.26. The summed E-state index contributed by atoms with van der Waals surface area (Å²) in [5.41, 5.74) is 2.55. The first kappa shape index (κ1) is 25.8. The first-order chi connectivity index (χ1) is 16.3. The molecule has 3 aromatic carbocycles. The molecule has 6 heteroatoms. The molecule has 0 amide bonds. The molecule has 0 aromatic heterocycles. The van der Waals surface area contributed by atoms with Gasteiger partial charge in [0.1, 0.15) is 0 Å². The third kappa shape index (κ3) is 6.21. The Hall–Kier alpha value is -3.80. The molecule has 0 bridgehead atoms. The monoisotopic (exact) mass is 473 g/mol. The zero-order valence-corrected chi connectivity index (χ0v) is 21.0. The standard InChI is InChI=1S/C29H31NO5/c1-28(2,3)22-16-21(17-23(18-22)29(4,5)6)27(32)35-26(25(31)19-10-8-7-9-11-19)20-12-14-24(15-13-20)30(33)34/h7-18,26H,1-6H3/t26-/m0/s1. The summed E-state index contributed by atoms with van der Waals surface area (Å²) >= 11 is 0. The molecule has 0 aliphatic rings. The van der Waals surface area contributed by atoms with Crippen molar-refractivity contribution < 1.29 is 19.2 Å². The molecule has 35 heavy (non-hydrogen) atoms. The highest BCUT2D eigenvalue weighted by atomic mass is 16.6. The van der Waals surface area contributed by atoms with Crippen molar-refractivity contribution in [1.29, 1.82) is 0 Å². The van der Waals surface area contributed by atoms with E-state index in [1.165, 1.54) is 24.3 Å². The number of ether oxygens (including phenoxy) is 1. The van der Waals surface area contributed by atoms with Gasteiger partial charge in [0.2, 0.25) is 5.78 Å². The number of carbonyl (C=O) groups excluding carboxylic acids is 2. The predicted molar refractivity (Wildman–Crippen MR) is 136 cm³/mol. The van der Waals surface area contributed by atoms with Crippen LogP contribution in [0.25, 0.3) is 0 Å². The van der Waals surface area contributed by atoms with Crippen LogP contribution in [-0.4, -0.2) is 16.7 Å². The lowest BCUT2D eigenvalue weighted by atomic mass is 9.79. The van der Waals surface area contributed by atoms with Crippen LogP contribution in [0.15, 0.2) is 72.8 Å². The summed E-state index contributed by atoms with van der Waals surface area (Å²) in [6.07, 6.45) is -1.25. The van der Waals surface area contributed by atoms with E-state index in [4.69, 9.17) is 4.74 Å². The van der Waals surface area contributed by atoms with Gasteiger partial charge >= 0.3 is 5.97 Å². The summed E-state index contributed by atoms with van der Waals surface area (Å²) in [5.74, 6) is -1.04. The molecule has 0 saturated carbocycles. The van der Waals surface area contributed by atoms with Crippen LogP contribution in [0.3, 0.4) is 0 Å². The van der Waals surface area contributed by atoms with Crippen molar-refractivity contribution in [2.24, 2.45) is 0 Å². The Balaban J connectivity index is 2.05. The Labute approximate surface area is 206 Å². The van der Waals surface area contributed by atoms with Crippen LogP contribution in [0.4, 0.5) is 5.69 Å². The van der Waals surface area contributed by atoms with Gasteiger partial charge in [-0.3, -0.25) is 14.9 Å². The van der Waals surface area contributed by atoms with E-state index in [9.17, 15) is 19.7 Å².